The van der Waals surface area contributed by atoms with Gasteiger partial charge in [-0.1, -0.05) is 60.1 Å². The van der Waals surface area contributed by atoms with Crippen LogP contribution in [0.5, 0.6) is 0 Å². The lowest BCUT2D eigenvalue weighted by atomic mass is 10.1. The molecule has 8 heteroatoms. The molecule has 4 aromatic rings. The highest BCUT2D eigenvalue weighted by atomic mass is 35.5. The molecule has 2 aromatic carbocycles. The average Bonchev–Trinajstić information content (AvgIpc) is 3.08. The molecule has 0 amide bonds. The predicted molar refractivity (Wildman–Crippen MR) is 125 cm³/mol. The molecular weight excluding hydrogens is 410 g/mol. The van der Waals surface area contributed by atoms with Crippen LogP contribution in [0.4, 0.5) is 11.8 Å². The van der Waals surface area contributed by atoms with Gasteiger partial charge in [0.05, 0.1) is 11.1 Å². The summed E-state index contributed by atoms with van der Waals surface area (Å²) < 4.78 is 1.64. The van der Waals surface area contributed by atoms with E-state index in [2.05, 4.69) is 45.2 Å². The molecule has 31 heavy (non-hydrogen) atoms. The summed E-state index contributed by atoms with van der Waals surface area (Å²) in [5.41, 5.74) is 9.78. The molecule has 2 N–H and O–H groups in total. The number of nitrogens with zero attached hydrogens (tertiary/aromatic N) is 6. The van der Waals surface area contributed by atoms with Gasteiger partial charge in [0.15, 0.2) is 5.65 Å². The van der Waals surface area contributed by atoms with Crippen molar-refractivity contribution in [2.24, 2.45) is 7.05 Å². The third kappa shape index (κ3) is 3.82. The first-order chi connectivity index (χ1) is 15.1. The molecule has 0 unspecified atom stereocenters. The normalized spacial score (nSPS) is 15.0. The molecule has 158 valence electrons. The number of halogens is 1. The molecule has 5 rings (SSSR count). The van der Waals surface area contributed by atoms with Crippen LogP contribution in [0.2, 0.25) is 5.02 Å². The topological polar surface area (TPSA) is 76.1 Å². The number of nitrogen functional groups attached to an aromatic ring is 1. The van der Waals surface area contributed by atoms with Crippen LogP contribution in [0.3, 0.4) is 0 Å². The number of hydrogen-bond donors (Lipinski definition) is 1. The minimum Gasteiger partial charge on any atom is -0.383 e. The Hall–Kier alpha value is -3.16. The lowest BCUT2D eigenvalue weighted by molar-refractivity contribution is 0.249. The third-order valence-corrected chi connectivity index (χ3v) is 6.09. The summed E-state index contributed by atoms with van der Waals surface area (Å²) in [5.74, 6) is 1.20. The van der Waals surface area contributed by atoms with E-state index in [0.717, 1.165) is 49.4 Å². The summed E-state index contributed by atoms with van der Waals surface area (Å²) in [7, 11) is 1.81. The Kier molecular flexibility index (Phi) is 5.21. The van der Waals surface area contributed by atoms with E-state index in [9.17, 15) is 0 Å². The second-order valence-electron chi connectivity index (χ2n) is 7.81. The van der Waals surface area contributed by atoms with E-state index < -0.39 is 0 Å². The van der Waals surface area contributed by atoms with Crippen molar-refractivity contribution in [1.29, 1.82) is 0 Å². The zero-order chi connectivity index (χ0) is 21.4. The van der Waals surface area contributed by atoms with Crippen LogP contribution < -0.4 is 10.6 Å². The summed E-state index contributed by atoms with van der Waals surface area (Å²) in [5, 5.41) is 5.88. The zero-order valence-electron chi connectivity index (χ0n) is 17.4. The molecule has 1 saturated heterocycles. The van der Waals surface area contributed by atoms with Gasteiger partial charge in [-0.25, -0.2) is 4.98 Å². The van der Waals surface area contributed by atoms with Crippen LogP contribution in [0.25, 0.3) is 22.3 Å². The fourth-order valence-corrected chi connectivity index (χ4v) is 4.27. The number of aromatic nitrogens is 4. The van der Waals surface area contributed by atoms with E-state index in [1.165, 1.54) is 5.56 Å². The molecule has 0 radical (unpaired) electrons. The number of nitrogens with two attached hydrogens (primary N) is 1. The molecule has 1 fully saturated rings. The molecule has 7 nitrogen and oxygen atoms in total. The summed E-state index contributed by atoms with van der Waals surface area (Å²) in [6.07, 6.45) is 0. The van der Waals surface area contributed by atoms with Crippen molar-refractivity contribution in [3.8, 4) is 11.3 Å². The highest BCUT2D eigenvalue weighted by Gasteiger charge is 2.24. The van der Waals surface area contributed by atoms with Crippen molar-refractivity contribution in [1.82, 2.24) is 24.6 Å². The van der Waals surface area contributed by atoms with E-state index >= 15 is 0 Å². The molecular formula is C23H24ClN7. The zero-order valence-corrected chi connectivity index (χ0v) is 18.1. The first kappa shape index (κ1) is 19.8. The summed E-state index contributed by atoms with van der Waals surface area (Å²) >= 11 is 6.50. The van der Waals surface area contributed by atoms with Gasteiger partial charge in [0, 0.05) is 50.4 Å². The Morgan fingerprint density at radius 1 is 0.935 bits per heavy atom. The number of rotatable bonds is 4. The average molecular weight is 434 g/mol. The fraction of sp³-hybridized carbons (Fsp3) is 0.261. The monoisotopic (exact) mass is 433 g/mol. The van der Waals surface area contributed by atoms with Gasteiger partial charge in [0.25, 0.3) is 0 Å². The van der Waals surface area contributed by atoms with Crippen molar-refractivity contribution in [3.05, 3.63) is 65.2 Å². The number of hydrogen-bond acceptors (Lipinski definition) is 6. The molecule has 0 aliphatic carbocycles. The van der Waals surface area contributed by atoms with Crippen molar-refractivity contribution in [2.75, 3.05) is 36.8 Å². The Balaban J connectivity index is 1.45. The van der Waals surface area contributed by atoms with E-state index in [-0.39, 0.29) is 0 Å². The Morgan fingerprint density at radius 2 is 1.65 bits per heavy atom. The molecule has 0 bridgehead atoms. The predicted octanol–water partition coefficient (Wildman–Crippen LogP) is 3.59. The maximum atomic E-state index is 6.50. The van der Waals surface area contributed by atoms with E-state index in [1.807, 2.05) is 31.3 Å². The van der Waals surface area contributed by atoms with Gasteiger partial charge in [-0.2, -0.15) is 10.1 Å². The van der Waals surface area contributed by atoms with Gasteiger partial charge < -0.3 is 10.6 Å². The minimum absolute atomic E-state index is 0.532. The SMILES string of the molecule is Cn1nc2nc(N3CCN(Cc4ccccc4)CC3)nc(-c3ccccc3Cl)c2c1N. The standard InChI is InChI=1S/C23H24ClN7/c1-29-21(25)19-20(17-9-5-6-10-18(17)24)26-23(27-22(19)28-29)31-13-11-30(12-14-31)15-16-7-3-2-4-8-16/h2-10H,11-15,25H2,1H3. The molecule has 1 aliphatic heterocycles. The molecule has 0 spiro atoms. The lowest BCUT2D eigenvalue weighted by Crippen LogP contribution is -2.46. The largest absolute Gasteiger partial charge is 0.383 e. The lowest BCUT2D eigenvalue weighted by Gasteiger charge is -2.34. The molecule has 3 heterocycles. The van der Waals surface area contributed by atoms with Crippen LogP contribution in [0.1, 0.15) is 5.56 Å². The van der Waals surface area contributed by atoms with Crippen LogP contribution in [-0.2, 0) is 13.6 Å². The fourth-order valence-electron chi connectivity index (χ4n) is 4.04. The smallest absolute Gasteiger partial charge is 0.228 e. The third-order valence-electron chi connectivity index (χ3n) is 5.76. The van der Waals surface area contributed by atoms with Crippen LogP contribution >= 0.6 is 11.6 Å². The summed E-state index contributed by atoms with van der Waals surface area (Å²) in [6.45, 7) is 4.55. The van der Waals surface area contributed by atoms with Gasteiger partial charge in [-0.3, -0.25) is 9.58 Å². The Labute approximate surface area is 186 Å². The quantitative estimate of drug-likeness (QED) is 0.530. The first-order valence-corrected chi connectivity index (χ1v) is 10.7. The van der Waals surface area contributed by atoms with Gasteiger partial charge in [-0.05, 0) is 11.6 Å². The number of aryl methyl sites for hydroxylation is 1. The number of benzene rings is 2. The summed E-state index contributed by atoms with van der Waals surface area (Å²) in [6, 6.07) is 18.2. The molecule has 0 saturated carbocycles. The minimum atomic E-state index is 0.532. The van der Waals surface area contributed by atoms with E-state index in [0.29, 0.717) is 22.4 Å². The van der Waals surface area contributed by atoms with E-state index in [1.54, 1.807) is 4.68 Å². The van der Waals surface area contributed by atoms with Crippen LogP contribution in [0.15, 0.2) is 54.6 Å². The van der Waals surface area contributed by atoms with Crippen molar-refractivity contribution in [2.45, 2.75) is 6.54 Å². The Morgan fingerprint density at radius 3 is 2.39 bits per heavy atom. The first-order valence-electron chi connectivity index (χ1n) is 10.4. The highest BCUT2D eigenvalue weighted by molar-refractivity contribution is 6.33. The summed E-state index contributed by atoms with van der Waals surface area (Å²) in [4.78, 5) is 14.3. The molecule has 1 aliphatic rings. The van der Waals surface area contributed by atoms with Gasteiger partial charge in [0.1, 0.15) is 5.82 Å². The van der Waals surface area contributed by atoms with Crippen molar-refractivity contribution in [3.63, 3.8) is 0 Å². The number of anilines is 2. The second kappa shape index (κ2) is 8.17. The molecule has 2 aromatic heterocycles. The number of piperazine rings is 1. The highest BCUT2D eigenvalue weighted by Crippen LogP contribution is 2.35. The van der Waals surface area contributed by atoms with Crippen molar-refractivity contribution >= 4 is 34.4 Å². The van der Waals surface area contributed by atoms with Gasteiger partial charge in [-0.15, -0.1) is 0 Å². The van der Waals surface area contributed by atoms with Gasteiger partial charge >= 0.3 is 0 Å². The second-order valence-corrected chi connectivity index (χ2v) is 8.22. The van der Waals surface area contributed by atoms with Gasteiger partial charge in [0.2, 0.25) is 5.95 Å². The maximum Gasteiger partial charge on any atom is 0.228 e. The maximum absolute atomic E-state index is 6.50. The van der Waals surface area contributed by atoms with Crippen LogP contribution in [-0.4, -0.2) is 50.8 Å². The number of fused-ring (bicyclic) bond motifs is 1. The van der Waals surface area contributed by atoms with E-state index in [4.69, 9.17) is 27.3 Å². The van der Waals surface area contributed by atoms with Crippen molar-refractivity contribution < 1.29 is 0 Å². The Bertz CT molecular complexity index is 1210. The molecule has 0 atom stereocenters. The van der Waals surface area contributed by atoms with Crippen LogP contribution in [0, 0.1) is 0 Å².